The first-order valence-electron chi connectivity index (χ1n) is 7.18. The topological polar surface area (TPSA) is 83.8 Å². The van der Waals surface area contributed by atoms with E-state index in [1.165, 1.54) is 0 Å². The zero-order valence-electron chi connectivity index (χ0n) is 12.3. The number of anilines is 1. The Kier molecular flexibility index (Phi) is 3.62. The number of carbonyl (C=O) groups is 1. The molecular weight excluding hydrogens is 372 g/mol. The molecule has 2 aromatic carbocycles. The van der Waals surface area contributed by atoms with Crippen LogP contribution in [0.25, 0.3) is 22.4 Å². The van der Waals surface area contributed by atoms with Gasteiger partial charge in [-0.05, 0) is 18.2 Å². The summed E-state index contributed by atoms with van der Waals surface area (Å²) in [6.45, 7) is 0. The third-order valence-electron chi connectivity index (χ3n) is 3.49. The van der Waals surface area contributed by atoms with Gasteiger partial charge in [0.2, 0.25) is 5.95 Å². The molecule has 6 nitrogen and oxygen atoms in total. The highest BCUT2D eigenvalue weighted by atomic mass is 79.9. The predicted molar refractivity (Wildman–Crippen MR) is 93.7 cm³/mol. The average Bonchev–Trinajstić information content (AvgIpc) is 3.22. The van der Waals surface area contributed by atoms with Crippen LogP contribution in [0.3, 0.4) is 0 Å². The van der Waals surface area contributed by atoms with Crippen molar-refractivity contribution < 1.29 is 9.21 Å². The van der Waals surface area contributed by atoms with Crippen molar-refractivity contribution >= 4 is 38.8 Å². The molecule has 0 radical (unpaired) electrons. The quantitative estimate of drug-likeness (QED) is 0.555. The number of fused-ring (bicyclic) bond motifs is 1. The van der Waals surface area contributed by atoms with Gasteiger partial charge in [-0.15, -0.1) is 5.10 Å². The average molecular weight is 383 g/mol. The van der Waals surface area contributed by atoms with Gasteiger partial charge < -0.3 is 4.42 Å². The summed E-state index contributed by atoms with van der Waals surface area (Å²) in [6, 6.07) is 16.7. The molecule has 4 rings (SSSR count). The van der Waals surface area contributed by atoms with Crippen LogP contribution in [0.4, 0.5) is 5.95 Å². The smallest absolute Gasteiger partial charge is 0.293 e. The molecule has 0 saturated heterocycles. The van der Waals surface area contributed by atoms with Gasteiger partial charge in [-0.1, -0.05) is 52.3 Å². The fourth-order valence-corrected chi connectivity index (χ4v) is 2.82. The Hall–Kier alpha value is -2.93. The summed E-state index contributed by atoms with van der Waals surface area (Å²) >= 11 is 3.46. The van der Waals surface area contributed by atoms with Gasteiger partial charge in [-0.2, -0.15) is 4.98 Å². The number of amides is 1. The largest absolute Gasteiger partial charge is 0.451 e. The number of carbonyl (C=O) groups excluding carboxylic acids is 1. The normalized spacial score (nSPS) is 10.9. The lowest BCUT2D eigenvalue weighted by atomic mass is 10.2. The summed E-state index contributed by atoms with van der Waals surface area (Å²) in [6.07, 6.45) is 0. The van der Waals surface area contributed by atoms with Gasteiger partial charge in [-0.3, -0.25) is 15.2 Å². The highest BCUT2D eigenvalue weighted by molar-refractivity contribution is 9.10. The third kappa shape index (κ3) is 2.69. The number of para-hydroxylation sites is 1. The van der Waals surface area contributed by atoms with Crippen LogP contribution < -0.4 is 5.32 Å². The zero-order valence-corrected chi connectivity index (χ0v) is 13.9. The Morgan fingerprint density at radius 1 is 1.12 bits per heavy atom. The first-order valence-corrected chi connectivity index (χ1v) is 7.97. The predicted octanol–water partition coefficient (Wildman–Crippen LogP) is 4.23. The number of nitrogens with zero attached hydrogens (tertiary/aromatic N) is 2. The number of benzene rings is 2. The maximum absolute atomic E-state index is 12.3. The van der Waals surface area contributed by atoms with Crippen LogP contribution in [-0.2, 0) is 0 Å². The lowest BCUT2D eigenvalue weighted by Crippen LogP contribution is -2.11. The van der Waals surface area contributed by atoms with Crippen LogP contribution in [0, 0.1) is 0 Å². The molecule has 2 heterocycles. The van der Waals surface area contributed by atoms with E-state index in [1.807, 2.05) is 48.5 Å². The van der Waals surface area contributed by atoms with E-state index in [0.29, 0.717) is 11.4 Å². The summed E-state index contributed by atoms with van der Waals surface area (Å²) in [7, 11) is 0. The van der Waals surface area contributed by atoms with Gasteiger partial charge in [0.15, 0.2) is 11.6 Å². The highest BCUT2D eigenvalue weighted by Gasteiger charge is 2.15. The van der Waals surface area contributed by atoms with E-state index in [0.717, 1.165) is 15.4 Å². The van der Waals surface area contributed by atoms with Crippen LogP contribution in [0.5, 0.6) is 0 Å². The molecule has 0 fully saturated rings. The minimum Gasteiger partial charge on any atom is -0.451 e. The second-order valence-electron chi connectivity index (χ2n) is 5.09. The maximum Gasteiger partial charge on any atom is 0.293 e. The molecule has 0 atom stereocenters. The van der Waals surface area contributed by atoms with Crippen molar-refractivity contribution in [2.24, 2.45) is 0 Å². The standard InChI is InChI=1S/C17H11BrN4O2/c18-12-7-3-2-6-11(12)15-19-17(22-21-15)20-16(23)14-9-10-5-1-4-8-13(10)24-14/h1-9H,(H2,19,20,21,22,23). The third-order valence-corrected chi connectivity index (χ3v) is 4.18. The first kappa shape index (κ1) is 14.6. The summed E-state index contributed by atoms with van der Waals surface area (Å²) in [5, 5.41) is 10.3. The van der Waals surface area contributed by atoms with Crippen LogP contribution in [-0.4, -0.2) is 21.1 Å². The molecule has 2 aromatic heterocycles. The van der Waals surface area contributed by atoms with E-state index in [9.17, 15) is 4.79 Å². The van der Waals surface area contributed by atoms with Gasteiger partial charge >= 0.3 is 0 Å². The van der Waals surface area contributed by atoms with Crippen LogP contribution >= 0.6 is 15.9 Å². The summed E-state index contributed by atoms with van der Waals surface area (Å²) < 4.78 is 6.41. The molecule has 4 aromatic rings. The van der Waals surface area contributed by atoms with Crippen molar-refractivity contribution in [3.8, 4) is 11.4 Å². The van der Waals surface area contributed by atoms with E-state index in [-0.39, 0.29) is 11.7 Å². The number of aromatic amines is 1. The number of nitrogens with one attached hydrogen (secondary N) is 2. The van der Waals surface area contributed by atoms with Crippen LogP contribution in [0.2, 0.25) is 0 Å². The van der Waals surface area contributed by atoms with Crippen molar-refractivity contribution in [3.05, 3.63) is 64.8 Å². The Bertz CT molecular complexity index is 1000. The number of hydrogen-bond acceptors (Lipinski definition) is 4. The Morgan fingerprint density at radius 2 is 1.92 bits per heavy atom. The summed E-state index contributed by atoms with van der Waals surface area (Å²) in [5.74, 6) is 0.556. The van der Waals surface area contributed by atoms with Crippen molar-refractivity contribution in [3.63, 3.8) is 0 Å². The SMILES string of the molecule is O=C(Nc1n[nH]c(-c2ccccc2Br)n1)c1cc2ccccc2o1. The number of furan rings is 1. The summed E-state index contributed by atoms with van der Waals surface area (Å²) in [5.41, 5.74) is 1.51. The number of halogens is 1. The molecule has 0 saturated carbocycles. The zero-order chi connectivity index (χ0) is 16.5. The second kappa shape index (κ2) is 5.93. The summed E-state index contributed by atoms with van der Waals surface area (Å²) in [4.78, 5) is 16.6. The minimum absolute atomic E-state index is 0.186. The molecule has 0 spiro atoms. The second-order valence-corrected chi connectivity index (χ2v) is 5.94. The van der Waals surface area contributed by atoms with Crippen molar-refractivity contribution in [1.82, 2.24) is 15.2 Å². The lowest BCUT2D eigenvalue weighted by molar-refractivity contribution is 0.0998. The monoisotopic (exact) mass is 382 g/mol. The molecule has 0 aliphatic heterocycles. The molecule has 1 amide bonds. The number of hydrogen-bond donors (Lipinski definition) is 2. The molecule has 0 bridgehead atoms. The minimum atomic E-state index is -0.399. The molecule has 0 aliphatic rings. The van der Waals surface area contributed by atoms with E-state index < -0.39 is 5.91 Å². The molecule has 0 unspecified atom stereocenters. The van der Waals surface area contributed by atoms with Gasteiger partial charge in [-0.25, -0.2) is 0 Å². The van der Waals surface area contributed by atoms with Crippen LogP contribution in [0.15, 0.2) is 63.5 Å². The van der Waals surface area contributed by atoms with E-state index in [4.69, 9.17) is 4.42 Å². The van der Waals surface area contributed by atoms with Crippen molar-refractivity contribution in [2.75, 3.05) is 5.32 Å². The van der Waals surface area contributed by atoms with Gasteiger partial charge in [0.25, 0.3) is 5.91 Å². The maximum atomic E-state index is 12.3. The highest BCUT2D eigenvalue weighted by Crippen LogP contribution is 2.25. The van der Waals surface area contributed by atoms with E-state index in [2.05, 4.69) is 36.4 Å². The molecule has 7 heteroatoms. The number of H-pyrrole nitrogens is 1. The van der Waals surface area contributed by atoms with Gasteiger partial charge in [0.1, 0.15) is 5.58 Å². The van der Waals surface area contributed by atoms with Crippen LogP contribution in [0.1, 0.15) is 10.6 Å². The fourth-order valence-electron chi connectivity index (χ4n) is 2.35. The Morgan fingerprint density at radius 3 is 2.75 bits per heavy atom. The molecular formula is C17H11BrN4O2. The van der Waals surface area contributed by atoms with E-state index in [1.54, 1.807) is 6.07 Å². The lowest BCUT2D eigenvalue weighted by Gasteiger charge is -1.98. The van der Waals surface area contributed by atoms with Gasteiger partial charge in [0.05, 0.1) is 0 Å². The molecule has 24 heavy (non-hydrogen) atoms. The molecule has 2 N–H and O–H groups in total. The molecule has 118 valence electrons. The Balaban J connectivity index is 1.57. The number of aromatic nitrogens is 3. The van der Waals surface area contributed by atoms with Crippen molar-refractivity contribution in [2.45, 2.75) is 0 Å². The van der Waals surface area contributed by atoms with Crippen molar-refractivity contribution in [1.29, 1.82) is 0 Å². The molecule has 0 aliphatic carbocycles. The van der Waals surface area contributed by atoms with E-state index >= 15 is 0 Å². The van der Waals surface area contributed by atoms with Gasteiger partial charge in [0, 0.05) is 15.4 Å². The number of rotatable bonds is 3. The first-order chi connectivity index (χ1) is 11.7. The fraction of sp³-hybridized carbons (Fsp3) is 0. The Labute approximate surface area is 145 Å².